The van der Waals surface area contributed by atoms with Crippen LogP contribution in [0.15, 0.2) is 23.4 Å². The molecule has 9 heteroatoms. The molecule has 1 atom stereocenters. The van der Waals surface area contributed by atoms with Crippen molar-refractivity contribution in [2.75, 3.05) is 37.8 Å². The van der Waals surface area contributed by atoms with Gasteiger partial charge in [0.05, 0.1) is 25.9 Å². The lowest BCUT2D eigenvalue weighted by Crippen LogP contribution is -2.38. The lowest BCUT2D eigenvalue weighted by molar-refractivity contribution is 0.0942. The summed E-state index contributed by atoms with van der Waals surface area (Å²) in [5, 5.41) is 11.2. The smallest absolute Gasteiger partial charge is 0.228 e. The third kappa shape index (κ3) is 4.71. The first kappa shape index (κ1) is 19.3. The monoisotopic (exact) mass is 428 g/mol. The quantitative estimate of drug-likeness (QED) is 0.650. The molecule has 0 saturated carbocycles. The van der Waals surface area contributed by atoms with Gasteiger partial charge in [-0.3, -0.25) is 4.57 Å². The Bertz CT molecular complexity index is 777. The highest BCUT2D eigenvalue weighted by atomic mass is 35.5. The molecule has 2 fully saturated rings. The van der Waals surface area contributed by atoms with Gasteiger partial charge in [0.15, 0.2) is 5.16 Å². The number of ether oxygens (including phenoxy) is 2. The van der Waals surface area contributed by atoms with Crippen LogP contribution in [0.5, 0.6) is 0 Å². The Hall–Kier alpha value is -0.990. The largest absolute Gasteiger partial charge is 0.378 e. The van der Waals surface area contributed by atoms with E-state index in [0.29, 0.717) is 15.8 Å². The molecule has 0 bridgehead atoms. The Morgan fingerprint density at radius 2 is 2.00 bits per heavy atom. The van der Waals surface area contributed by atoms with Crippen molar-refractivity contribution in [3.63, 3.8) is 0 Å². The molecule has 0 aliphatic carbocycles. The van der Waals surface area contributed by atoms with Gasteiger partial charge < -0.3 is 14.4 Å². The number of hydrogen-bond donors (Lipinski definition) is 0. The fourth-order valence-corrected chi connectivity index (χ4v) is 4.82. The molecule has 2 saturated heterocycles. The fourth-order valence-electron chi connectivity index (χ4n) is 3.32. The van der Waals surface area contributed by atoms with Gasteiger partial charge >= 0.3 is 0 Å². The molecule has 1 aromatic carbocycles. The second kappa shape index (κ2) is 9.01. The minimum Gasteiger partial charge on any atom is -0.378 e. The minimum absolute atomic E-state index is 0.222. The van der Waals surface area contributed by atoms with Crippen LogP contribution < -0.4 is 4.90 Å². The summed E-state index contributed by atoms with van der Waals surface area (Å²) in [4.78, 5) is 2.24. The lowest BCUT2D eigenvalue weighted by atomic mass is 10.2. The van der Waals surface area contributed by atoms with E-state index >= 15 is 0 Å². The van der Waals surface area contributed by atoms with Crippen LogP contribution in [-0.2, 0) is 21.8 Å². The van der Waals surface area contributed by atoms with Gasteiger partial charge in [-0.2, -0.15) is 0 Å². The van der Waals surface area contributed by atoms with Crippen molar-refractivity contribution in [3.8, 4) is 0 Å². The van der Waals surface area contributed by atoms with Gasteiger partial charge in [-0.05, 0) is 30.5 Å². The second-order valence-electron chi connectivity index (χ2n) is 6.65. The third-order valence-corrected chi connectivity index (χ3v) is 6.38. The van der Waals surface area contributed by atoms with E-state index in [1.807, 2.05) is 12.1 Å². The number of thioether (sulfide) groups is 1. The average Bonchev–Trinajstić information content (AvgIpc) is 3.32. The zero-order chi connectivity index (χ0) is 18.6. The molecule has 146 valence electrons. The van der Waals surface area contributed by atoms with E-state index in [1.165, 1.54) is 0 Å². The molecule has 0 amide bonds. The number of rotatable bonds is 6. The zero-order valence-corrected chi connectivity index (χ0v) is 17.3. The molecule has 4 rings (SSSR count). The van der Waals surface area contributed by atoms with Crippen LogP contribution in [0.2, 0.25) is 10.0 Å². The summed E-state index contributed by atoms with van der Waals surface area (Å²) in [5.41, 5.74) is 1.03. The summed E-state index contributed by atoms with van der Waals surface area (Å²) >= 11 is 14.0. The molecule has 1 unspecified atom stereocenters. The summed E-state index contributed by atoms with van der Waals surface area (Å²) < 4.78 is 13.5. The maximum absolute atomic E-state index is 6.32. The Morgan fingerprint density at radius 1 is 1.15 bits per heavy atom. The average molecular weight is 429 g/mol. The highest BCUT2D eigenvalue weighted by Gasteiger charge is 2.25. The fraction of sp³-hybridized carbons (Fsp3) is 0.556. The first-order valence-corrected chi connectivity index (χ1v) is 10.9. The molecule has 3 heterocycles. The van der Waals surface area contributed by atoms with E-state index in [9.17, 15) is 0 Å². The summed E-state index contributed by atoms with van der Waals surface area (Å²) in [7, 11) is 0. The van der Waals surface area contributed by atoms with Gasteiger partial charge in [0, 0.05) is 35.5 Å². The number of aromatic nitrogens is 3. The number of benzene rings is 1. The minimum atomic E-state index is 0.222. The van der Waals surface area contributed by atoms with Crippen LogP contribution in [0, 0.1) is 0 Å². The van der Waals surface area contributed by atoms with Crippen molar-refractivity contribution in [1.29, 1.82) is 0 Å². The molecule has 1 aromatic heterocycles. The van der Waals surface area contributed by atoms with Crippen LogP contribution in [-0.4, -0.2) is 53.8 Å². The first-order chi connectivity index (χ1) is 13.2. The molecule has 2 aliphatic rings. The van der Waals surface area contributed by atoms with Gasteiger partial charge in [0.1, 0.15) is 0 Å². The first-order valence-electron chi connectivity index (χ1n) is 9.15. The summed E-state index contributed by atoms with van der Waals surface area (Å²) in [6, 6.07) is 5.59. The van der Waals surface area contributed by atoms with Gasteiger partial charge in [-0.15, -0.1) is 10.2 Å². The SMILES string of the molecule is Clc1ccc(CSc2nnc(N3CCOCC3)n2CC2CCCO2)c(Cl)c1. The molecule has 0 radical (unpaired) electrons. The van der Waals surface area contributed by atoms with E-state index < -0.39 is 0 Å². The van der Waals surface area contributed by atoms with Gasteiger partial charge in [-0.25, -0.2) is 0 Å². The Kier molecular flexibility index (Phi) is 6.45. The third-order valence-electron chi connectivity index (χ3n) is 4.77. The Balaban J connectivity index is 1.53. The lowest BCUT2D eigenvalue weighted by Gasteiger charge is -2.28. The van der Waals surface area contributed by atoms with Crippen molar-refractivity contribution < 1.29 is 9.47 Å². The summed E-state index contributed by atoms with van der Waals surface area (Å²) in [6.07, 6.45) is 2.41. The normalized spacial score (nSPS) is 20.4. The van der Waals surface area contributed by atoms with Gasteiger partial charge in [0.25, 0.3) is 0 Å². The van der Waals surface area contributed by atoms with Crippen molar-refractivity contribution in [2.24, 2.45) is 0 Å². The molecule has 0 N–H and O–H groups in total. The number of anilines is 1. The highest BCUT2D eigenvalue weighted by Crippen LogP contribution is 2.30. The van der Waals surface area contributed by atoms with Crippen LogP contribution in [0.4, 0.5) is 5.95 Å². The predicted molar refractivity (Wildman–Crippen MR) is 108 cm³/mol. The Labute approximate surface area is 173 Å². The van der Waals surface area contributed by atoms with E-state index in [-0.39, 0.29) is 6.10 Å². The van der Waals surface area contributed by atoms with Crippen molar-refractivity contribution >= 4 is 40.9 Å². The number of hydrogen-bond acceptors (Lipinski definition) is 6. The van der Waals surface area contributed by atoms with E-state index in [1.54, 1.807) is 17.8 Å². The molecule has 6 nitrogen and oxygen atoms in total. The van der Waals surface area contributed by atoms with Crippen LogP contribution >= 0.6 is 35.0 Å². The standard InChI is InChI=1S/C18H22Cl2N4O2S/c19-14-4-3-13(16(20)10-14)12-27-18-22-21-17(23-5-8-25-9-6-23)24(18)11-15-2-1-7-26-15/h3-4,10,15H,1-2,5-9,11-12H2. The molecule has 2 aliphatic heterocycles. The number of nitrogens with zero attached hydrogens (tertiary/aromatic N) is 4. The molecular weight excluding hydrogens is 407 g/mol. The summed E-state index contributed by atoms with van der Waals surface area (Å²) in [5.74, 6) is 1.61. The van der Waals surface area contributed by atoms with Crippen LogP contribution in [0.3, 0.4) is 0 Å². The van der Waals surface area contributed by atoms with E-state index in [0.717, 1.165) is 69.0 Å². The maximum Gasteiger partial charge on any atom is 0.228 e. The van der Waals surface area contributed by atoms with Crippen LogP contribution in [0.25, 0.3) is 0 Å². The van der Waals surface area contributed by atoms with Crippen molar-refractivity contribution in [2.45, 2.75) is 36.4 Å². The van der Waals surface area contributed by atoms with Gasteiger partial charge in [-0.1, -0.05) is 41.0 Å². The maximum atomic E-state index is 6.32. The zero-order valence-electron chi connectivity index (χ0n) is 14.9. The summed E-state index contributed by atoms with van der Waals surface area (Å²) in [6.45, 7) is 4.71. The van der Waals surface area contributed by atoms with E-state index in [4.69, 9.17) is 32.7 Å². The molecular formula is C18H22Cl2N4O2S. The topological polar surface area (TPSA) is 52.4 Å². The van der Waals surface area contributed by atoms with Crippen LogP contribution in [0.1, 0.15) is 18.4 Å². The predicted octanol–water partition coefficient (Wildman–Crippen LogP) is 3.89. The number of morpholine rings is 1. The van der Waals surface area contributed by atoms with Crippen molar-refractivity contribution in [1.82, 2.24) is 14.8 Å². The van der Waals surface area contributed by atoms with Crippen molar-refractivity contribution in [3.05, 3.63) is 33.8 Å². The highest BCUT2D eigenvalue weighted by molar-refractivity contribution is 7.98. The second-order valence-corrected chi connectivity index (χ2v) is 8.44. The van der Waals surface area contributed by atoms with Gasteiger partial charge in [0.2, 0.25) is 5.95 Å². The molecule has 0 spiro atoms. The Morgan fingerprint density at radius 3 is 2.74 bits per heavy atom. The van der Waals surface area contributed by atoms with E-state index in [2.05, 4.69) is 19.7 Å². The molecule has 27 heavy (non-hydrogen) atoms. The number of halogens is 2. The molecule has 2 aromatic rings.